The largest absolute Gasteiger partial charge is 0.351 e. The average molecular weight is 292 g/mol. The molecule has 1 rings (SSSR count). The number of carbonyl (C=O) groups excluding carboxylic acids is 2. The molecule has 0 aliphatic rings. The average Bonchev–Trinajstić information content (AvgIpc) is 2.65. The van der Waals surface area contributed by atoms with Crippen molar-refractivity contribution in [1.82, 2.24) is 15.5 Å². The first-order chi connectivity index (χ1) is 8.02. The standard InChI is InChI=1S/C8H12N4O2S3/c1-3-15-7-11-12-8(17-7)16-4(2)5(13)10-6(9)14/h4H,3H2,1-2H3,(H3,9,10,13,14)/t4-/m1/s1. The number of nitrogens with two attached hydrogens (primary N) is 1. The number of thioether (sulfide) groups is 2. The van der Waals surface area contributed by atoms with Crippen molar-refractivity contribution in [3.8, 4) is 0 Å². The molecule has 0 spiro atoms. The van der Waals surface area contributed by atoms with E-state index in [4.69, 9.17) is 5.73 Å². The van der Waals surface area contributed by atoms with E-state index in [1.165, 1.54) is 23.1 Å². The Hall–Kier alpha value is -0.800. The summed E-state index contributed by atoms with van der Waals surface area (Å²) in [7, 11) is 0. The van der Waals surface area contributed by atoms with Gasteiger partial charge in [-0.3, -0.25) is 10.1 Å². The highest BCUT2D eigenvalue weighted by Gasteiger charge is 2.18. The zero-order valence-electron chi connectivity index (χ0n) is 9.30. The molecule has 94 valence electrons. The molecule has 0 radical (unpaired) electrons. The van der Waals surface area contributed by atoms with Crippen LogP contribution in [0.2, 0.25) is 0 Å². The highest BCUT2D eigenvalue weighted by Crippen LogP contribution is 2.30. The molecule has 0 aliphatic carbocycles. The molecule has 3 N–H and O–H groups in total. The molecular formula is C8H12N4O2S3. The van der Waals surface area contributed by atoms with Crippen LogP contribution in [0.5, 0.6) is 0 Å². The van der Waals surface area contributed by atoms with Gasteiger partial charge in [0.15, 0.2) is 8.68 Å². The van der Waals surface area contributed by atoms with Crippen molar-refractivity contribution in [3.63, 3.8) is 0 Å². The van der Waals surface area contributed by atoms with Gasteiger partial charge >= 0.3 is 6.03 Å². The maximum atomic E-state index is 11.4. The van der Waals surface area contributed by atoms with Gasteiger partial charge in [0.25, 0.3) is 0 Å². The molecule has 0 fully saturated rings. The molecule has 0 bridgehead atoms. The van der Waals surface area contributed by atoms with Crippen molar-refractivity contribution in [1.29, 1.82) is 0 Å². The Balaban J connectivity index is 2.52. The van der Waals surface area contributed by atoms with E-state index in [1.807, 2.05) is 12.2 Å². The van der Waals surface area contributed by atoms with Gasteiger partial charge in [0.1, 0.15) is 0 Å². The van der Waals surface area contributed by atoms with Crippen LogP contribution in [0.3, 0.4) is 0 Å². The number of hydrogen-bond acceptors (Lipinski definition) is 7. The Bertz CT molecular complexity index is 409. The second kappa shape index (κ2) is 6.82. The Kier molecular flexibility index (Phi) is 5.72. The molecule has 1 heterocycles. The van der Waals surface area contributed by atoms with Crippen molar-refractivity contribution in [3.05, 3.63) is 0 Å². The lowest BCUT2D eigenvalue weighted by molar-refractivity contribution is -0.119. The van der Waals surface area contributed by atoms with E-state index in [1.54, 1.807) is 18.7 Å². The molecule has 17 heavy (non-hydrogen) atoms. The third-order valence-electron chi connectivity index (χ3n) is 1.55. The Labute approximate surface area is 111 Å². The van der Waals surface area contributed by atoms with Crippen LogP contribution in [-0.2, 0) is 4.79 Å². The van der Waals surface area contributed by atoms with Crippen LogP contribution in [0.25, 0.3) is 0 Å². The Morgan fingerprint density at radius 3 is 2.71 bits per heavy atom. The summed E-state index contributed by atoms with van der Waals surface area (Å²) < 4.78 is 1.57. The number of carbonyl (C=O) groups is 2. The molecule has 6 nitrogen and oxygen atoms in total. The number of nitrogens with zero attached hydrogens (tertiary/aromatic N) is 2. The van der Waals surface area contributed by atoms with Crippen LogP contribution in [0.1, 0.15) is 13.8 Å². The third kappa shape index (κ3) is 4.92. The van der Waals surface area contributed by atoms with Crippen LogP contribution in [0.4, 0.5) is 4.79 Å². The maximum Gasteiger partial charge on any atom is 0.318 e. The number of primary amides is 1. The summed E-state index contributed by atoms with van der Waals surface area (Å²) in [4.78, 5) is 21.9. The van der Waals surface area contributed by atoms with E-state index in [0.717, 1.165) is 10.1 Å². The van der Waals surface area contributed by atoms with Crippen molar-refractivity contribution >= 4 is 46.8 Å². The minimum atomic E-state index is -0.845. The molecule has 1 atom stereocenters. The van der Waals surface area contributed by atoms with Gasteiger partial charge in [0.05, 0.1) is 5.25 Å². The van der Waals surface area contributed by atoms with E-state index < -0.39 is 17.2 Å². The van der Waals surface area contributed by atoms with Crippen LogP contribution < -0.4 is 11.1 Å². The lowest BCUT2D eigenvalue weighted by Gasteiger charge is -2.06. The van der Waals surface area contributed by atoms with Crippen LogP contribution in [0.15, 0.2) is 8.68 Å². The summed E-state index contributed by atoms with van der Waals surface area (Å²) in [5.74, 6) is 0.499. The monoisotopic (exact) mass is 292 g/mol. The fraction of sp³-hybridized carbons (Fsp3) is 0.500. The molecule has 0 aliphatic heterocycles. The molecular weight excluding hydrogens is 280 g/mol. The molecule has 9 heteroatoms. The number of aromatic nitrogens is 2. The SMILES string of the molecule is CCSc1nnc(S[C@H](C)C(=O)NC(N)=O)s1. The maximum absolute atomic E-state index is 11.4. The van der Waals surface area contributed by atoms with Crippen molar-refractivity contribution in [2.24, 2.45) is 5.73 Å². The van der Waals surface area contributed by atoms with Crippen LogP contribution in [0, 0.1) is 0 Å². The number of nitrogens with one attached hydrogen (secondary N) is 1. The predicted octanol–water partition coefficient (Wildman–Crippen LogP) is 1.33. The van der Waals surface area contributed by atoms with Crippen molar-refractivity contribution in [2.45, 2.75) is 27.8 Å². The number of imide groups is 1. The van der Waals surface area contributed by atoms with Crippen molar-refractivity contribution < 1.29 is 9.59 Å². The van der Waals surface area contributed by atoms with Gasteiger partial charge in [0.2, 0.25) is 5.91 Å². The minimum absolute atomic E-state index is 0.428. The topological polar surface area (TPSA) is 98.0 Å². The highest BCUT2D eigenvalue weighted by atomic mass is 32.2. The molecule has 0 unspecified atom stereocenters. The van der Waals surface area contributed by atoms with Crippen molar-refractivity contribution in [2.75, 3.05) is 5.75 Å². The summed E-state index contributed by atoms with van der Waals surface area (Å²) >= 11 is 4.28. The zero-order valence-corrected chi connectivity index (χ0v) is 11.7. The zero-order chi connectivity index (χ0) is 12.8. The highest BCUT2D eigenvalue weighted by molar-refractivity contribution is 8.03. The minimum Gasteiger partial charge on any atom is -0.351 e. The first kappa shape index (κ1) is 14.3. The summed E-state index contributed by atoms with van der Waals surface area (Å²) in [5, 5.41) is 9.51. The molecule has 1 aromatic rings. The number of urea groups is 1. The molecule has 0 aromatic carbocycles. The Morgan fingerprint density at radius 2 is 2.12 bits per heavy atom. The van der Waals surface area contributed by atoms with Gasteiger partial charge in [-0.25, -0.2) is 4.79 Å². The third-order valence-corrected chi connectivity index (χ3v) is 4.67. The summed E-state index contributed by atoms with van der Waals surface area (Å²) in [6, 6.07) is -0.845. The van der Waals surface area contributed by atoms with Gasteiger partial charge in [-0.05, 0) is 12.7 Å². The van der Waals surface area contributed by atoms with Crippen LogP contribution >= 0.6 is 34.9 Å². The van der Waals surface area contributed by atoms with E-state index in [0.29, 0.717) is 4.34 Å². The normalized spacial score (nSPS) is 12.1. The Morgan fingerprint density at radius 1 is 1.47 bits per heavy atom. The second-order valence-electron chi connectivity index (χ2n) is 2.88. The second-order valence-corrected chi connectivity index (χ2v) is 6.96. The number of hydrogen-bond donors (Lipinski definition) is 2. The van der Waals surface area contributed by atoms with Gasteiger partial charge in [0, 0.05) is 0 Å². The first-order valence-electron chi connectivity index (χ1n) is 4.76. The van der Waals surface area contributed by atoms with E-state index in [2.05, 4.69) is 10.2 Å². The predicted molar refractivity (Wildman–Crippen MR) is 69.4 cm³/mol. The molecule has 1 aromatic heterocycles. The van der Waals surface area contributed by atoms with Gasteiger partial charge < -0.3 is 5.73 Å². The first-order valence-corrected chi connectivity index (χ1v) is 7.44. The molecule has 3 amide bonds. The number of rotatable bonds is 5. The van der Waals surface area contributed by atoms with Gasteiger partial charge in [-0.2, -0.15) is 0 Å². The van der Waals surface area contributed by atoms with Gasteiger partial charge in [-0.15, -0.1) is 10.2 Å². The molecule has 0 saturated heterocycles. The fourth-order valence-electron chi connectivity index (χ4n) is 0.854. The number of amides is 3. The summed E-state index contributed by atoms with van der Waals surface area (Å²) in [5.41, 5.74) is 4.86. The van der Waals surface area contributed by atoms with E-state index >= 15 is 0 Å². The van der Waals surface area contributed by atoms with Crippen LogP contribution in [-0.4, -0.2) is 33.1 Å². The smallest absolute Gasteiger partial charge is 0.318 e. The molecule has 0 saturated carbocycles. The quantitative estimate of drug-likeness (QED) is 0.794. The summed E-state index contributed by atoms with van der Waals surface area (Å²) in [6.45, 7) is 3.71. The summed E-state index contributed by atoms with van der Waals surface area (Å²) in [6.07, 6.45) is 0. The van der Waals surface area contributed by atoms with Gasteiger partial charge in [-0.1, -0.05) is 41.8 Å². The lowest BCUT2D eigenvalue weighted by atomic mass is 10.4. The fourth-order valence-corrected chi connectivity index (χ4v) is 3.92. The van der Waals surface area contributed by atoms with E-state index in [-0.39, 0.29) is 0 Å². The lowest BCUT2D eigenvalue weighted by Crippen LogP contribution is -2.39. The van der Waals surface area contributed by atoms with E-state index in [9.17, 15) is 9.59 Å².